The van der Waals surface area contributed by atoms with Crippen LogP contribution in [0, 0.1) is 0 Å². The van der Waals surface area contributed by atoms with Crippen molar-refractivity contribution in [3.63, 3.8) is 0 Å². The summed E-state index contributed by atoms with van der Waals surface area (Å²) in [7, 11) is 0. The standard InChI is InChI=1S/C44H29N3O/c1-4-11-30(12-5-1)34-15-10-16-35(27-34)37-24-26-42-40(29-37)39-28-36(23-25-41(39)47(42)38-17-8-3-9-18-38)31-19-21-33(22-20-31)44-46-45-43(48-44)32-13-6-2-7-14-32/h1-29H. The first-order valence-corrected chi connectivity index (χ1v) is 16.1. The van der Waals surface area contributed by atoms with Crippen LogP contribution in [0.2, 0.25) is 0 Å². The van der Waals surface area contributed by atoms with Crippen molar-refractivity contribution >= 4 is 21.8 Å². The van der Waals surface area contributed by atoms with Crippen molar-refractivity contribution in [3.05, 3.63) is 176 Å². The summed E-state index contributed by atoms with van der Waals surface area (Å²) in [5.74, 6) is 1.02. The first-order valence-electron chi connectivity index (χ1n) is 16.1. The minimum absolute atomic E-state index is 0.505. The quantitative estimate of drug-likeness (QED) is 0.187. The van der Waals surface area contributed by atoms with Crippen LogP contribution in [-0.2, 0) is 0 Å². The van der Waals surface area contributed by atoms with Gasteiger partial charge in [0.25, 0.3) is 0 Å². The molecule has 0 atom stereocenters. The lowest BCUT2D eigenvalue weighted by atomic mass is 9.97. The highest BCUT2D eigenvalue weighted by Gasteiger charge is 2.16. The minimum atomic E-state index is 0.505. The summed E-state index contributed by atoms with van der Waals surface area (Å²) in [4.78, 5) is 0. The number of aromatic nitrogens is 3. The SMILES string of the molecule is c1ccc(-c2cccc(-c3ccc4c(c3)c3cc(-c5ccc(-c6nnc(-c7ccccc7)o6)cc5)ccc3n4-c3ccccc3)c2)cc1. The molecule has 0 radical (unpaired) electrons. The molecule has 0 spiro atoms. The van der Waals surface area contributed by atoms with E-state index in [-0.39, 0.29) is 0 Å². The molecule has 0 N–H and O–H groups in total. The summed E-state index contributed by atoms with van der Waals surface area (Å²) in [6, 6.07) is 61.7. The highest BCUT2D eigenvalue weighted by Crippen LogP contribution is 2.38. The van der Waals surface area contributed by atoms with E-state index in [1.165, 1.54) is 44.1 Å². The molecule has 9 rings (SSSR count). The molecule has 0 saturated heterocycles. The average Bonchev–Trinajstić information content (AvgIpc) is 3.79. The van der Waals surface area contributed by atoms with E-state index in [4.69, 9.17) is 4.42 Å². The fourth-order valence-corrected chi connectivity index (χ4v) is 6.59. The van der Waals surface area contributed by atoms with Gasteiger partial charge < -0.3 is 8.98 Å². The first kappa shape index (κ1) is 27.8. The highest BCUT2D eigenvalue weighted by atomic mass is 16.4. The van der Waals surface area contributed by atoms with Crippen molar-refractivity contribution < 1.29 is 4.42 Å². The number of rotatable bonds is 6. The Balaban J connectivity index is 1.13. The van der Waals surface area contributed by atoms with Gasteiger partial charge in [-0.05, 0) is 100 Å². The molecule has 0 fully saturated rings. The molecule has 48 heavy (non-hydrogen) atoms. The molecule has 0 aliphatic carbocycles. The van der Waals surface area contributed by atoms with Crippen LogP contribution in [0.4, 0.5) is 0 Å². The number of para-hydroxylation sites is 1. The second-order valence-electron chi connectivity index (χ2n) is 11.9. The van der Waals surface area contributed by atoms with Gasteiger partial charge in [-0.25, -0.2) is 0 Å². The molecule has 0 amide bonds. The smallest absolute Gasteiger partial charge is 0.248 e. The monoisotopic (exact) mass is 615 g/mol. The molecule has 4 heteroatoms. The number of benzene rings is 7. The summed E-state index contributed by atoms with van der Waals surface area (Å²) in [5, 5.41) is 11.0. The van der Waals surface area contributed by atoms with Crippen LogP contribution in [-0.4, -0.2) is 14.8 Å². The van der Waals surface area contributed by atoms with Crippen molar-refractivity contribution in [2.75, 3.05) is 0 Å². The van der Waals surface area contributed by atoms with Gasteiger partial charge in [0, 0.05) is 27.6 Å². The molecule has 226 valence electrons. The van der Waals surface area contributed by atoms with E-state index in [0.717, 1.165) is 27.9 Å². The Kier molecular flexibility index (Phi) is 6.76. The summed E-state index contributed by atoms with van der Waals surface area (Å²) >= 11 is 0. The lowest BCUT2D eigenvalue weighted by molar-refractivity contribution is 0.584. The van der Waals surface area contributed by atoms with E-state index in [0.29, 0.717) is 11.8 Å². The Hall–Kier alpha value is -6.52. The van der Waals surface area contributed by atoms with Crippen LogP contribution < -0.4 is 0 Å². The van der Waals surface area contributed by atoms with E-state index in [2.05, 4.69) is 148 Å². The van der Waals surface area contributed by atoms with Crippen LogP contribution in [0.5, 0.6) is 0 Å². The van der Waals surface area contributed by atoms with E-state index in [1.807, 2.05) is 42.5 Å². The third kappa shape index (κ3) is 4.97. The maximum absolute atomic E-state index is 6.01. The fraction of sp³-hybridized carbons (Fsp3) is 0. The lowest BCUT2D eigenvalue weighted by Gasteiger charge is -2.09. The Morgan fingerprint density at radius 3 is 1.33 bits per heavy atom. The van der Waals surface area contributed by atoms with E-state index < -0.39 is 0 Å². The zero-order valence-electron chi connectivity index (χ0n) is 26.0. The molecule has 7 aromatic carbocycles. The second-order valence-corrected chi connectivity index (χ2v) is 11.9. The van der Waals surface area contributed by atoms with E-state index >= 15 is 0 Å². The summed E-state index contributed by atoms with van der Waals surface area (Å²) < 4.78 is 8.37. The fourth-order valence-electron chi connectivity index (χ4n) is 6.59. The lowest BCUT2D eigenvalue weighted by Crippen LogP contribution is -1.93. The van der Waals surface area contributed by atoms with Gasteiger partial charge in [0.1, 0.15) is 0 Å². The van der Waals surface area contributed by atoms with E-state index in [9.17, 15) is 0 Å². The topological polar surface area (TPSA) is 43.9 Å². The molecule has 0 saturated carbocycles. The summed E-state index contributed by atoms with van der Waals surface area (Å²) in [5.41, 5.74) is 12.4. The Morgan fingerprint density at radius 1 is 0.333 bits per heavy atom. The van der Waals surface area contributed by atoms with Crippen LogP contribution in [0.1, 0.15) is 0 Å². The largest absolute Gasteiger partial charge is 0.416 e. The molecule has 0 bridgehead atoms. The molecule has 4 nitrogen and oxygen atoms in total. The minimum Gasteiger partial charge on any atom is -0.416 e. The van der Waals surface area contributed by atoms with Crippen molar-refractivity contribution in [1.29, 1.82) is 0 Å². The molecule has 0 aliphatic rings. The van der Waals surface area contributed by atoms with Gasteiger partial charge in [-0.2, -0.15) is 0 Å². The maximum Gasteiger partial charge on any atom is 0.248 e. The average molecular weight is 616 g/mol. The zero-order valence-corrected chi connectivity index (χ0v) is 26.0. The first-order chi connectivity index (χ1) is 23.8. The molecular weight excluding hydrogens is 587 g/mol. The normalized spacial score (nSPS) is 11.3. The van der Waals surface area contributed by atoms with Crippen molar-refractivity contribution in [3.8, 4) is 62.0 Å². The number of fused-ring (bicyclic) bond motifs is 3. The number of nitrogens with zero attached hydrogens (tertiary/aromatic N) is 3. The van der Waals surface area contributed by atoms with Gasteiger partial charge >= 0.3 is 0 Å². The van der Waals surface area contributed by atoms with E-state index in [1.54, 1.807) is 0 Å². The number of hydrogen-bond acceptors (Lipinski definition) is 3. The Morgan fingerprint density at radius 2 is 0.729 bits per heavy atom. The van der Waals surface area contributed by atoms with Gasteiger partial charge in [0.15, 0.2) is 0 Å². The van der Waals surface area contributed by atoms with Crippen molar-refractivity contribution in [2.24, 2.45) is 0 Å². The predicted molar refractivity (Wildman–Crippen MR) is 196 cm³/mol. The van der Waals surface area contributed by atoms with Gasteiger partial charge in [0.2, 0.25) is 11.8 Å². The van der Waals surface area contributed by atoms with Crippen LogP contribution in [0.3, 0.4) is 0 Å². The molecular formula is C44H29N3O. The molecule has 0 unspecified atom stereocenters. The molecule has 2 aromatic heterocycles. The molecule has 9 aromatic rings. The summed E-state index contributed by atoms with van der Waals surface area (Å²) in [6.45, 7) is 0. The number of hydrogen-bond donors (Lipinski definition) is 0. The Labute approximate surface area is 278 Å². The van der Waals surface area contributed by atoms with Crippen LogP contribution in [0.15, 0.2) is 180 Å². The maximum atomic E-state index is 6.01. The third-order valence-electron chi connectivity index (χ3n) is 8.99. The molecule has 2 heterocycles. The van der Waals surface area contributed by atoms with Gasteiger partial charge in [-0.15, -0.1) is 10.2 Å². The molecule has 0 aliphatic heterocycles. The van der Waals surface area contributed by atoms with Crippen LogP contribution >= 0.6 is 0 Å². The zero-order chi connectivity index (χ0) is 31.9. The summed E-state index contributed by atoms with van der Waals surface area (Å²) in [6.07, 6.45) is 0. The van der Waals surface area contributed by atoms with Gasteiger partial charge in [0.05, 0.1) is 11.0 Å². The van der Waals surface area contributed by atoms with Crippen molar-refractivity contribution in [2.45, 2.75) is 0 Å². The predicted octanol–water partition coefficient (Wildman–Crippen LogP) is 11.5. The van der Waals surface area contributed by atoms with Crippen molar-refractivity contribution in [1.82, 2.24) is 14.8 Å². The third-order valence-corrected chi connectivity index (χ3v) is 8.99. The van der Waals surface area contributed by atoms with Gasteiger partial charge in [-0.3, -0.25) is 0 Å². The van der Waals surface area contributed by atoms with Crippen LogP contribution in [0.25, 0.3) is 83.8 Å². The van der Waals surface area contributed by atoms with Gasteiger partial charge in [-0.1, -0.05) is 109 Å². The second kappa shape index (κ2) is 11.7. The highest BCUT2D eigenvalue weighted by molar-refractivity contribution is 6.11. The Bertz CT molecular complexity index is 2530.